The van der Waals surface area contributed by atoms with Crippen LogP contribution in [0.3, 0.4) is 0 Å². The van der Waals surface area contributed by atoms with Gasteiger partial charge in [-0.15, -0.1) is 0 Å². The lowest BCUT2D eigenvalue weighted by molar-refractivity contribution is -0.124. The van der Waals surface area contributed by atoms with E-state index >= 15 is 0 Å². The number of aromatic nitrogens is 3. The Morgan fingerprint density at radius 1 is 1.39 bits per heavy atom. The molecule has 0 saturated carbocycles. The molecule has 3 rings (SSSR count). The molecule has 1 saturated heterocycles. The fourth-order valence-electron chi connectivity index (χ4n) is 2.48. The van der Waals surface area contributed by atoms with Gasteiger partial charge in [-0.25, -0.2) is 4.98 Å². The number of anilines is 1. The Hall–Kier alpha value is -2.21. The molecule has 6 nitrogen and oxygen atoms in total. The van der Waals surface area contributed by atoms with Crippen molar-refractivity contribution in [3.8, 4) is 5.82 Å². The van der Waals surface area contributed by atoms with Crippen LogP contribution in [0.1, 0.15) is 39.3 Å². The summed E-state index contributed by atoms with van der Waals surface area (Å²) in [5.41, 5.74) is 0.773. The Morgan fingerprint density at radius 2 is 2.22 bits per heavy atom. The molecule has 2 aromatic rings. The van der Waals surface area contributed by atoms with Gasteiger partial charge in [-0.2, -0.15) is 9.78 Å². The van der Waals surface area contributed by atoms with E-state index in [9.17, 15) is 4.79 Å². The molecule has 3 heterocycles. The highest BCUT2D eigenvalue weighted by Gasteiger charge is 2.26. The zero-order chi connectivity index (χ0) is 16.4. The smallest absolute Gasteiger partial charge is 0.254 e. The lowest BCUT2D eigenvalue weighted by Crippen LogP contribution is -2.28. The zero-order valence-corrected chi connectivity index (χ0v) is 13.7. The minimum absolute atomic E-state index is 0.122. The molecule has 1 atom stereocenters. The molecule has 0 aliphatic carbocycles. The highest BCUT2D eigenvalue weighted by molar-refractivity contribution is 5.93. The molecule has 2 aromatic heterocycles. The van der Waals surface area contributed by atoms with E-state index in [1.165, 1.54) is 0 Å². The van der Waals surface area contributed by atoms with Crippen LogP contribution in [0.15, 0.2) is 30.5 Å². The van der Waals surface area contributed by atoms with Gasteiger partial charge in [0.05, 0.1) is 5.69 Å². The van der Waals surface area contributed by atoms with Gasteiger partial charge in [-0.05, 0) is 25.0 Å². The molecule has 0 radical (unpaired) electrons. The van der Waals surface area contributed by atoms with Crippen LogP contribution in [-0.2, 0) is 14.9 Å². The second-order valence-corrected chi connectivity index (χ2v) is 6.76. The molecule has 1 N–H and O–H groups in total. The zero-order valence-electron chi connectivity index (χ0n) is 13.7. The first-order valence-corrected chi connectivity index (χ1v) is 7.89. The van der Waals surface area contributed by atoms with Crippen LogP contribution in [0.25, 0.3) is 5.82 Å². The lowest BCUT2D eigenvalue weighted by Gasteiger charge is -2.13. The van der Waals surface area contributed by atoms with Crippen molar-refractivity contribution in [3.05, 3.63) is 36.2 Å². The molecule has 1 aliphatic rings. The first-order valence-electron chi connectivity index (χ1n) is 7.89. The Balaban J connectivity index is 1.94. The third-order valence-corrected chi connectivity index (χ3v) is 3.82. The summed E-state index contributed by atoms with van der Waals surface area (Å²) in [6.45, 7) is 6.90. The van der Waals surface area contributed by atoms with Gasteiger partial charge in [-0.3, -0.25) is 4.79 Å². The van der Waals surface area contributed by atoms with E-state index < -0.39 is 0 Å². The average Bonchev–Trinajstić information content (AvgIpc) is 3.17. The number of nitrogens with one attached hydrogen (secondary N) is 1. The normalized spacial score (nSPS) is 18.1. The van der Waals surface area contributed by atoms with Crippen LogP contribution in [-0.4, -0.2) is 33.4 Å². The number of hydrogen-bond donors (Lipinski definition) is 1. The number of carbonyl (C=O) groups is 1. The van der Waals surface area contributed by atoms with Crippen molar-refractivity contribution < 1.29 is 9.53 Å². The maximum atomic E-state index is 12.4. The van der Waals surface area contributed by atoms with E-state index in [4.69, 9.17) is 4.74 Å². The number of hydrogen-bond acceptors (Lipinski definition) is 4. The summed E-state index contributed by atoms with van der Waals surface area (Å²) in [6, 6.07) is 7.51. The molecule has 0 spiro atoms. The predicted octanol–water partition coefficient (Wildman–Crippen LogP) is 2.68. The second kappa shape index (κ2) is 6.12. The Labute approximate surface area is 135 Å². The van der Waals surface area contributed by atoms with Crippen molar-refractivity contribution in [1.29, 1.82) is 0 Å². The van der Waals surface area contributed by atoms with Gasteiger partial charge in [0.25, 0.3) is 5.91 Å². The first kappa shape index (κ1) is 15.7. The van der Waals surface area contributed by atoms with Crippen LogP contribution in [0.2, 0.25) is 0 Å². The summed E-state index contributed by atoms with van der Waals surface area (Å²) in [5.74, 6) is 1.17. The maximum absolute atomic E-state index is 12.4. The fraction of sp³-hybridized carbons (Fsp3) is 0.471. The molecule has 0 bridgehead atoms. The Bertz CT molecular complexity index is 682. The summed E-state index contributed by atoms with van der Waals surface area (Å²) >= 11 is 0. The number of amides is 1. The Morgan fingerprint density at radius 3 is 2.83 bits per heavy atom. The Kier molecular flexibility index (Phi) is 4.17. The fourth-order valence-corrected chi connectivity index (χ4v) is 2.48. The third-order valence-electron chi connectivity index (χ3n) is 3.82. The largest absolute Gasteiger partial charge is 0.368 e. The number of pyridine rings is 1. The van der Waals surface area contributed by atoms with Crippen LogP contribution in [0.4, 0.5) is 5.82 Å². The second-order valence-electron chi connectivity index (χ2n) is 6.76. The van der Waals surface area contributed by atoms with Gasteiger partial charge in [-0.1, -0.05) is 26.8 Å². The minimum Gasteiger partial charge on any atom is -0.368 e. The van der Waals surface area contributed by atoms with E-state index in [0.717, 1.165) is 18.5 Å². The maximum Gasteiger partial charge on any atom is 0.254 e. The molecule has 1 aliphatic heterocycles. The predicted molar refractivity (Wildman–Crippen MR) is 87.7 cm³/mol. The quantitative estimate of drug-likeness (QED) is 0.945. The number of carbonyl (C=O) groups excluding carboxylic acids is 1. The van der Waals surface area contributed by atoms with Crippen molar-refractivity contribution in [2.24, 2.45) is 0 Å². The molecule has 23 heavy (non-hydrogen) atoms. The van der Waals surface area contributed by atoms with Crippen LogP contribution in [0.5, 0.6) is 0 Å². The van der Waals surface area contributed by atoms with E-state index in [2.05, 4.69) is 36.2 Å². The monoisotopic (exact) mass is 314 g/mol. The van der Waals surface area contributed by atoms with E-state index in [1.54, 1.807) is 10.9 Å². The first-order chi connectivity index (χ1) is 10.9. The molecular weight excluding hydrogens is 292 g/mol. The molecule has 122 valence electrons. The SMILES string of the molecule is CC(C)(C)c1cc(NC(=O)[C@H]2CCCO2)n(-c2ccccn2)n1. The molecule has 0 unspecified atom stereocenters. The van der Waals surface area contributed by atoms with Gasteiger partial charge in [0.2, 0.25) is 0 Å². The summed E-state index contributed by atoms with van der Waals surface area (Å²) < 4.78 is 7.12. The molecule has 0 aromatic carbocycles. The molecular formula is C17H22N4O2. The summed E-state index contributed by atoms with van der Waals surface area (Å²) in [5, 5.41) is 7.57. The van der Waals surface area contributed by atoms with E-state index in [-0.39, 0.29) is 17.4 Å². The van der Waals surface area contributed by atoms with Crippen molar-refractivity contribution >= 4 is 11.7 Å². The number of ether oxygens (including phenoxy) is 1. The lowest BCUT2D eigenvalue weighted by atomic mass is 9.92. The molecule has 1 fully saturated rings. The number of rotatable bonds is 3. The van der Waals surface area contributed by atoms with Crippen molar-refractivity contribution in [2.45, 2.75) is 45.1 Å². The van der Waals surface area contributed by atoms with Gasteiger partial charge in [0.1, 0.15) is 11.9 Å². The topological polar surface area (TPSA) is 69.0 Å². The minimum atomic E-state index is -0.375. The summed E-state index contributed by atoms with van der Waals surface area (Å²) in [4.78, 5) is 16.7. The van der Waals surface area contributed by atoms with E-state index in [0.29, 0.717) is 18.2 Å². The average molecular weight is 314 g/mol. The van der Waals surface area contributed by atoms with Gasteiger partial charge >= 0.3 is 0 Å². The third kappa shape index (κ3) is 3.42. The van der Waals surface area contributed by atoms with Crippen LogP contribution < -0.4 is 5.32 Å². The highest BCUT2D eigenvalue weighted by Crippen LogP contribution is 2.26. The standard InChI is InChI=1S/C17H22N4O2/c1-17(2,3)13-11-15(19-16(22)12-7-6-10-23-12)21(20-13)14-8-4-5-9-18-14/h4-5,8-9,11-12H,6-7,10H2,1-3H3,(H,19,22)/t12-/m1/s1. The highest BCUT2D eigenvalue weighted by atomic mass is 16.5. The van der Waals surface area contributed by atoms with E-state index in [1.807, 2.05) is 24.3 Å². The van der Waals surface area contributed by atoms with Crippen molar-refractivity contribution in [2.75, 3.05) is 11.9 Å². The van der Waals surface area contributed by atoms with Crippen LogP contribution >= 0.6 is 0 Å². The van der Waals surface area contributed by atoms with Gasteiger partial charge in [0.15, 0.2) is 5.82 Å². The summed E-state index contributed by atoms with van der Waals surface area (Å²) in [6.07, 6.45) is 3.01. The molecule has 6 heteroatoms. The van der Waals surface area contributed by atoms with Gasteiger partial charge < -0.3 is 10.1 Å². The van der Waals surface area contributed by atoms with Crippen LogP contribution in [0, 0.1) is 0 Å². The summed E-state index contributed by atoms with van der Waals surface area (Å²) in [7, 11) is 0. The van der Waals surface area contributed by atoms with Crippen molar-refractivity contribution in [3.63, 3.8) is 0 Å². The van der Waals surface area contributed by atoms with Gasteiger partial charge in [0, 0.05) is 24.3 Å². The molecule has 1 amide bonds. The number of nitrogens with zero attached hydrogens (tertiary/aromatic N) is 3. The van der Waals surface area contributed by atoms with Crippen molar-refractivity contribution in [1.82, 2.24) is 14.8 Å².